The summed E-state index contributed by atoms with van der Waals surface area (Å²) in [7, 11) is 0. The van der Waals surface area contributed by atoms with E-state index in [2.05, 4.69) is 6.07 Å². The highest BCUT2D eigenvalue weighted by atomic mass is 16.5. The maximum absolute atomic E-state index is 5.92. The average molecular weight is 265 g/mol. The molecular weight excluding hydrogens is 242 g/mol. The molecule has 19 heavy (non-hydrogen) atoms. The van der Waals surface area contributed by atoms with Gasteiger partial charge in [-0.15, -0.1) is 0 Å². The quantitative estimate of drug-likeness (QED) is 0.858. The molecule has 2 unspecified atom stereocenters. The molecule has 1 fully saturated rings. The van der Waals surface area contributed by atoms with E-state index < -0.39 is 0 Å². The van der Waals surface area contributed by atoms with Gasteiger partial charge in [-0.25, -0.2) is 0 Å². The van der Waals surface area contributed by atoms with Gasteiger partial charge in [0.2, 0.25) is 0 Å². The number of nitrogens with two attached hydrogens (primary N) is 1. The minimum atomic E-state index is 0.0178. The predicted molar refractivity (Wildman–Crippen MR) is 74.2 cm³/mol. The molecule has 4 heteroatoms. The van der Waals surface area contributed by atoms with E-state index in [1.165, 1.54) is 0 Å². The van der Waals surface area contributed by atoms with Crippen molar-refractivity contribution in [2.24, 2.45) is 5.73 Å². The first-order chi connectivity index (χ1) is 9.20. The van der Waals surface area contributed by atoms with Crippen LogP contribution < -0.4 is 10.5 Å². The standard InChI is InChI=1S/C15H23NO3/c1-3-18-15-5-4-12(11(2)16)8-13(15)9-19-14-6-7-17-10-14/h4-5,8,11,14H,3,6-7,9-10,16H2,1-2H3. The number of benzene rings is 1. The molecule has 0 radical (unpaired) electrons. The minimum Gasteiger partial charge on any atom is -0.494 e. The van der Waals surface area contributed by atoms with Crippen LogP contribution in [0.4, 0.5) is 0 Å². The van der Waals surface area contributed by atoms with E-state index in [9.17, 15) is 0 Å². The van der Waals surface area contributed by atoms with Crippen LogP contribution in [-0.2, 0) is 16.1 Å². The molecule has 0 aromatic heterocycles. The lowest BCUT2D eigenvalue weighted by Gasteiger charge is -2.16. The van der Waals surface area contributed by atoms with Crippen LogP contribution >= 0.6 is 0 Å². The summed E-state index contributed by atoms with van der Waals surface area (Å²) in [5, 5.41) is 0. The summed E-state index contributed by atoms with van der Waals surface area (Å²) >= 11 is 0. The molecule has 0 spiro atoms. The van der Waals surface area contributed by atoms with E-state index in [1.807, 2.05) is 26.0 Å². The monoisotopic (exact) mass is 265 g/mol. The Morgan fingerprint density at radius 2 is 2.32 bits per heavy atom. The van der Waals surface area contributed by atoms with Crippen molar-refractivity contribution in [2.75, 3.05) is 19.8 Å². The first-order valence-corrected chi connectivity index (χ1v) is 6.91. The number of hydrogen-bond donors (Lipinski definition) is 1. The molecule has 4 nitrogen and oxygen atoms in total. The fourth-order valence-electron chi connectivity index (χ4n) is 2.14. The van der Waals surface area contributed by atoms with Crippen LogP contribution in [0.1, 0.15) is 37.4 Å². The topological polar surface area (TPSA) is 53.7 Å². The van der Waals surface area contributed by atoms with Gasteiger partial charge in [-0.05, 0) is 38.0 Å². The molecule has 1 aromatic rings. The zero-order chi connectivity index (χ0) is 13.7. The van der Waals surface area contributed by atoms with Crippen molar-refractivity contribution in [3.63, 3.8) is 0 Å². The summed E-state index contributed by atoms with van der Waals surface area (Å²) in [5.74, 6) is 0.880. The molecule has 1 saturated heterocycles. The minimum absolute atomic E-state index is 0.0178. The Morgan fingerprint density at radius 3 is 2.95 bits per heavy atom. The molecule has 1 aromatic carbocycles. The molecule has 0 aliphatic carbocycles. The summed E-state index contributed by atoms with van der Waals surface area (Å²) < 4.78 is 16.8. The van der Waals surface area contributed by atoms with Crippen LogP contribution in [0.5, 0.6) is 5.75 Å². The van der Waals surface area contributed by atoms with Gasteiger partial charge >= 0.3 is 0 Å². The molecule has 0 saturated carbocycles. The van der Waals surface area contributed by atoms with Crippen LogP contribution in [0, 0.1) is 0 Å². The maximum atomic E-state index is 5.92. The van der Waals surface area contributed by atoms with Gasteiger partial charge in [0.1, 0.15) is 5.75 Å². The predicted octanol–water partition coefficient (Wildman–Crippen LogP) is 2.41. The third kappa shape index (κ3) is 3.93. The van der Waals surface area contributed by atoms with E-state index in [1.54, 1.807) is 0 Å². The summed E-state index contributed by atoms with van der Waals surface area (Å²) in [6, 6.07) is 6.08. The van der Waals surface area contributed by atoms with Crippen molar-refractivity contribution in [2.45, 2.75) is 39.0 Å². The Bertz CT molecular complexity index is 400. The Morgan fingerprint density at radius 1 is 1.47 bits per heavy atom. The van der Waals surface area contributed by atoms with E-state index in [0.29, 0.717) is 19.8 Å². The van der Waals surface area contributed by atoms with E-state index in [4.69, 9.17) is 19.9 Å². The molecule has 106 valence electrons. The maximum Gasteiger partial charge on any atom is 0.124 e. The number of ether oxygens (including phenoxy) is 3. The highest BCUT2D eigenvalue weighted by Gasteiger charge is 2.17. The van der Waals surface area contributed by atoms with Crippen LogP contribution in [0.3, 0.4) is 0 Å². The molecule has 1 heterocycles. The summed E-state index contributed by atoms with van der Waals surface area (Å²) in [4.78, 5) is 0. The fourth-order valence-corrected chi connectivity index (χ4v) is 2.14. The Kier molecular flexibility index (Phi) is 5.19. The van der Waals surface area contributed by atoms with Crippen molar-refractivity contribution >= 4 is 0 Å². The Labute approximate surface area is 114 Å². The van der Waals surface area contributed by atoms with E-state index in [-0.39, 0.29) is 12.1 Å². The number of hydrogen-bond acceptors (Lipinski definition) is 4. The molecule has 2 atom stereocenters. The second-order valence-electron chi connectivity index (χ2n) is 4.89. The van der Waals surface area contributed by atoms with Gasteiger partial charge in [-0.3, -0.25) is 0 Å². The third-order valence-corrected chi connectivity index (χ3v) is 3.27. The zero-order valence-electron chi connectivity index (χ0n) is 11.7. The van der Waals surface area contributed by atoms with Crippen molar-refractivity contribution in [1.29, 1.82) is 0 Å². The van der Waals surface area contributed by atoms with Gasteiger partial charge in [-0.2, -0.15) is 0 Å². The highest BCUT2D eigenvalue weighted by molar-refractivity contribution is 5.38. The largest absolute Gasteiger partial charge is 0.494 e. The van der Waals surface area contributed by atoms with E-state index in [0.717, 1.165) is 29.9 Å². The first kappa shape index (κ1) is 14.3. The Balaban J connectivity index is 2.07. The van der Waals surface area contributed by atoms with Crippen LogP contribution in [-0.4, -0.2) is 25.9 Å². The van der Waals surface area contributed by atoms with Gasteiger partial charge in [0.25, 0.3) is 0 Å². The normalized spacial score (nSPS) is 20.5. The van der Waals surface area contributed by atoms with Crippen molar-refractivity contribution in [3.05, 3.63) is 29.3 Å². The van der Waals surface area contributed by atoms with Crippen LogP contribution in [0.25, 0.3) is 0 Å². The van der Waals surface area contributed by atoms with Crippen LogP contribution in [0.2, 0.25) is 0 Å². The van der Waals surface area contributed by atoms with Gasteiger partial charge in [0, 0.05) is 18.2 Å². The first-order valence-electron chi connectivity index (χ1n) is 6.91. The summed E-state index contributed by atoms with van der Waals surface area (Å²) in [5.41, 5.74) is 8.08. The van der Waals surface area contributed by atoms with Gasteiger partial charge < -0.3 is 19.9 Å². The zero-order valence-corrected chi connectivity index (χ0v) is 11.7. The summed E-state index contributed by atoms with van der Waals surface area (Å²) in [6.45, 7) is 6.64. The second kappa shape index (κ2) is 6.89. The molecule has 2 N–H and O–H groups in total. The molecule has 0 amide bonds. The Hall–Kier alpha value is -1.10. The molecule has 1 aliphatic rings. The third-order valence-electron chi connectivity index (χ3n) is 3.27. The lowest BCUT2D eigenvalue weighted by molar-refractivity contribution is 0.0307. The highest BCUT2D eigenvalue weighted by Crippen LogP contribution is 2.24. The van der Waals surface area contributed by atoms with E-state index >= 15 is 0 Å². The van der Waals surface area contributed by atoms with Crippen molar-refractivity contribution < 1.29 is 14.2 Å². The van der Waals surface area contributed by atoms with Crippen LogP contribution in [0.15, 0.2) is 18.2 Å². The van der Waals surface area contributed by atoms with Gasteiger partial charge in [-0.1, -0.05) is 6.07 Å². The van der Waals surface area contributed by atoms with Gasteiger partial charge in [0.15, 0.2) is 0 Å². The fraction of sp³-hybridized carbons (Fsp3) is 0.600. The second-order valence-corrected chi connectivity index (χ2v) is 4.89. The van der Waals surface area contributed by atoms with Crippen molar-refractivity contribution in [3.8, 4) is 5.75 Å². The average Bonchev–Trinajstić information content (AvgIpc) is 2.90. The summed E-state index contributed by atoms with van der Waals surface area (Å²) in [6.07, 6.45) is 1.17. The molecule has 0 bridgehead atoms. The van der Waals surface area contributed by atoms with Gasteiger partial charge in [0.05, 0.1) is 25.9 Å². The molecule has 2 rings (SSSR count). The smallest absolute Gasteiger partial charge is 0.124 e. The molecule has 1 aliphatic heterocycles. The number of rotatable bonds is 6. The lowest BCUT2D eigenvalue weighted by atomic mass is 10.1. The lowest BCUT2D eigenvalue weighted by Crippen LogP contribution is -2.13. The molecular formula is C15H23NO3. The SMILES string of the molecule is CCOc1ccc(C(C)N)cc1COC1CCOC1. The van der Waals surface area contributed by atoms with Crippen molar-refractivity contribution in [1.82, 2.24) is 0 Å².